The second-order valence-corrected chi connectivity index (χ2v) is 8.99. The van der Waals surface area contributed by atoms with E-state index in [1.54, 1.807) is 48.8 Å². The second-order valence-electron chi connectivity index (χ2n) is 7.71. The highest BCUT2D eigenvalue weighted by Crippen LogP contribution is 2.43. The molecule has 0 bridgehead atoms. The molecule has 2 heterocycles. The summed E-state index contributed by atoms with van der Waals surface area (Å²) in [5.74, 6) is 1.46. The number of pyridine rings is 1. The molecule has 1 aliphatic rings. The fourth-order valence-electron chi connectivity index (χ4n) is 3.31. The number of benzene rings is 2. The first-order chi connectivity index (χ1) is 16.1. The predicted molar refractivity (Wildman–Crippen MR) is 130 cm³/mol. The van der Waals surface area contributed by atoms with Gasteiger partial charge in [-0.05, 0) is 66.8 Å². The van der Waals surface area contributed by atoms with Crippen molar-refractivity contribution in [2.24, 2.45) is 5.92 Å². The van der Waals surface area contributed by atoms with Gasteiger partial charge in [-0.25, -0.2) is 0 Å². The van der Waals surface area contributed by atoms with Crippen LogP contribution in [0.5, 0.6) is 17.6 Å². The van der Waals surface area contributed by atoms with Gasteiger partial charge in [0.05, 0.1) is 22.9 Å². The molecule has 5 nitrogen and oxygen atoms in total. The molecular formula is C25H18Cl3N3O2. The van der Waals surface area contributed by atoms with Gasteiger partial charge in [-0.1, -0.05) is 46.9 Å². The summed E-state index contributed by atoms with van der Waals surface area (Å²) in [4.78, 5) is 13.4. The van der Waals surface area contributed by atoms with Crippen LogP contribution in [0.15, 0.2) is 67.0 Å². The van der Waals surface area contributed by atoms with Crippen molar-refractivity contribution in [1.82, 2.24) is 15.0 Å². The summed E-state index contributed by atoms with van der Waals surface area (Å²) in [5, 5.41) is 1.61. The van der Waals surface area contributed by atoms with Gasteiger partial charge in [-0.15, -0.1) is 0 Å². The molecule has 0 aliphatic heterocycles. The average Bonchev–Trinajstić information content (AvgIpc) is 3.64. The molecule has 0 radical (unpaired) electrons. The Labute approximate surface area is 206 Å². The molecule has 4 aromatic rings. The maximum absolute atomic E-state index is 6.60. The van der Waals surface area contributed by atoms with Crippen molar-refractivity contribution in [1.29, 1.82) is 0 Å². The van der Waals surface area contributed by atoms with E-state index in [9.17, 15) is 0 Å². The molecule has 166 valence electrons. The largest absolute Gasteiger partial charge is 0.463 e. The zero-order valence-corrected chi connectivity index (χ0v) is 19.6. The van der Waals surface area contributed by atoms with Crippen molar-refractivity contribution >= 4 is 34.8 Å². The minimum absolute atomic E-state index is 0.227. The number of ether oxygens (including phenoxy) is 2. The fraction of sp³-hybridized carbons (Fsp3) is 0.160. The van der Waals surface area contributed by atoms with Gasteiger partial charge in [0.25, 0.3) is 0 Å². The van der Waals surface area contributed by atoms with E-state index in [4.69, 9.17) is 49.3 Å². The topological polar surface area (TPSA) is 57.1 Å². The highest BCUT2D eigenvalue weighted by atomic mass is 35.5. The van der Waals surface area contributed by atoms with Crippen LogP contribution in [0.3, 0.4) is 0 Å². The quantitative estimate of drug-likeness (QED) is 0.261. The standard InChI is InChI=1S/C25H18Cl3N3O2/c26-17-5-3-16(4-6-17)22-23(20-8-7-18(27)13-21(20)28)30-25(32-14-15-1-2-15)31-24(22)33-19-9-11-29-12-10-19/h3-13,15H,1-2,14H2. The van der Waals surface area contributed by atoms with Crippen molar-refractivity contribution in [3.05, 3.63) is 82.1 Å². The summed E-state index contributed by atoms with van der Waals surface area (Å²) < 4.78 is 12.1. The van der Waals surface area contributed by atoms with Crippen LogP contribution in [-0.2, 0) is 0 Å². The highest BCUT2D eigenvalue weighted by Gasteiger charge is 2.25. The summed E-state index contributed by atoms with van der Waals surface area (Å²) in [5.41, 5.74) is 2.73. The Morgan fingerprint density at radius 3 is 2.27 bits per heavy atom. The Morgan fingerprint density at radius 1 is 0.848 bits per heavy atom. The molecule has 0 atom stereocenters. The minimum atomic E-state index is 0.227. The number of nitrogens with zero attached hydrogens (tertiary/aromatic N) is 3. The first-order valence-corrected chi connectivity index (χ1v) is 11.5. The number of hydrogen-bond donors (Lipinski definition) is 0. The van der Waals surface area contributed by atoms with E-state index < -0.39 is 0 Å². The number of hydrogen-bond acceptors (Lipinski definition) is 5. The summed E-state index contributed by atoms with van der Waals surface area (Å²) in [7, 11) is 0. The molecule has 2 aromatic carbocycles. The molecule has 0 N–H and O–H groups in total. The number of halogens is 3. The molecular weight excluding hydrogens is 481 g/mol. The summed E-state index contributed by atoms with van der Waals surface area (Å²) >= 11 is 18.9. The van der Waals surface area contributed by atoms with E-state index >= 15 is 0 Å². The Hall–Kier alpha value is -2.86. The van der Waals surface area contributed by atoms with Gasteiger partial charge in [-0.3, -0.25) is 4.98 Å². The number of aromatic nitrogens is 3. The highest BCUT2D eigenvalue weighted by molar-refractivity contribution is 6.36. The SMILES string of the molecule is Clc1ccc(-c2c(Oc3ccncc3)nc(OCC3CC3)nc2-c2ccc(Cl)cc2Cl)cc1. The molecule has 1 saturated carbocycles. The summed E-state index contributed by atoms with van der Waals surface area (Å²) in [6.45, 7) is 0.558. The van der Waals surface area contributed by atoms with Crippen LogP contribution < -0.4 is 9.47 Å². The van der Waals surface area contributed by atoms with Crippen molar-refractivity contribution < 1.29 is 9.47 Å². The monoisotopic (exact) mass is 497 g/mol. The van der Waals surface area contributed by atoms with Gasteiger partial charge in [-0.2, -0.15) is 9.97 Å². The third-order valence-corrected chi connectivity index (χ3v) is 5.98. The predicted octanol–water partition coefficient (Wildman–Crippen LogP) is 7.75. The van der Waals surface area contributed by atoms with E-state index in [0.717, 1.165) is 18.4 Å². The van der Waals surface area contributed by atoms with Crippen LogP contribution in [-0.4, -0.2) is 21.6 Å². The second kappa shape index (κ2) is 9.56. The van der Waals surface area contributed by atoms with Gasteiger partial charge in [0, 0.05) is 28.0 Å². The van der Waals surface area contributed by atoms with E-state index in [0.29, 0.717) is 56.0 Å². The number of rotatable bonds is 7. The summed E-state index contributed by atoms with van der Waals surface area (Å²) in [6, 6.07) is 16.4. The van der Waals surface area contributed by atoms with Crippen LogP contribution in [0.1, 0.15) is 12.8 Å². The molecule has 0 unspecified atom stereocenters. The van der Waals surface area contributed by atoms with Crippen LogP contribution in [0.2, 0.25) is 15.1 Å². The van der Waals surface area contributed by atoms with E-state index in [1.165, 1.54) is 0 Å². The van der Waals surface area contributed by atoms with Crippen molar-refractivity contribution in [3.63, 3.8) is 0 Å². The Kier molecular flexibility index (Phi) is 6.36. The van der Waals surface area contributed by atoms with Gasteiger partial charge in [0.1, 0.15) is 5.75 Å². The van der Waals surface area contributed by atoms with Gasteiger partial charge < -0.3 is 9.47 Å². The Bertz CT molecular complexity index is 1280. The van der Waals surface area contributed by atoms with E-state index in [2.05, 4.69) is 9.97 Å². The van der Waals surface area contributed by atoms with Crippen LogP contribution >= 0.6 is 34.8 Å². The maximum Gasteiger partial charge on any atom is 0.320 e. The molecule has 0 saturated heterocycles. The van der Waals surface area contributed by atoms with E-state index in [-0.39, 0.29) is 6.01 Å². The van der Waals surface area contributed by atoms with Gasteiger partial charge in [0.15, 0.2) is 0 Å². The third kappa shape index (κ3) is 5.22. The molecule has 0 amide bonds. The zero-order valence-electron chi connectivity index (χ0n) is 17.3. The fourth-order valence-corrected chi connectivity index (χ4v) is 3.93. The molecule has 0 spiro atoms. The first-order valence-electron chi connectivity index (χ1n) is 10.4. The molecule has 1 fully saturated rings. The lowest BCUT2D eigenvalue weighted by Gasteiger charge is -2.17. The lowest BCUT2D eigenvalue weighted by atomic mass is 10.00. The van der Waals surface area contributed by atoms with Crippen LogP contribution in [0.25, 0.3) is 22.4 Å². The lowest BCUT2D eigenvalue weighted by Crippen LogP contribution is -2.06. The normalized spacial score (nSPS) is 13.1. The Balaban J connectivity index is 1.71. The van der Waals surface area contributed by atoms with Gasteiger partial charge in [0.2, 0.25) is 5.88 Å². The molecule has 1 aliphatic carbocycles. The molecule has 8 heteroatoms. The molecule has 5 rings (SSSR count). The lowest BCUT2D eigenvalue weighted by molar-refractivity contribution is 0.273. The van der Waals surface area contributed by atoms with Gasteiger partial charge >= 0.3 is 6.01 Å². The first kappa shape index (κ1) is 22.0. The third-order valence-electron chi connectivity index (χ3n) is 5.18. The van der Waals surface area contributed by atoms with Crippen LogP contribution in [0.4, 0.5) is 0 Å². The maximum atomic E-state index is 6.60. The Morgan fingerprint density at radius 2 is 1.58 bits per heavy atom. The van der Waals surface area contributed by atoms with Crippen molar-refractivity contribution in [3.8, 4) is 40.0 Å². The van der Waals surface area contributed by atoms with Crippen molar-refractivity contribution in [2.45, 2.75) is 12.8 Å². The van der Waals surface area contributed by atoms with E-state index in [1.807, 2.05) is 18.2 Å². The minimum Gasteiger partial charge on any atom is -0.463 e. The molecule has 33 heavy (non-hydrogen) atoms. The average molecular weight is 499 g/mol. The smallest absolute Gasteiger partial charge is 0.320 e. The van der Waals surface area contributed by atoms with Crippen molar-refractivity contribution in [2.75, 3.05) is 6.61 Å². The molecule has 2 aromatic heterocycles. The van der Waals surface area contributed by atoms with Crippen LogP contribution in [0, 0.1) is 5.92 Å². The summed E-state index contributed by atoms with van der Waals surface area (Å²) in [6.07, 6.45) is 5.61. The zero-order chi connectivity index (χ0) is 22.8.